The van der Waals surface area contributed by atoms with Crippen LogP contribution in [-0.4, -0.2) is 71.3 Å². The van der Waals surface area contributed by atoms with Gasteiger partial charge in [-0.15, -0.1) is 0 Å². The maximum Gasteiger partial charge on any atom is 0.324 e. The number of aliphatic imine (C=N–C) groups is 1. The Bertz CT molecular complexity index is 1260. The number of hydrogen-bond donors (Lipinski definition) is 0. The molecule has 11 nitrogen and oxygen atoms in total. The highest BCUT2D eigenvalue weighted by Gasteiger charge is 2.33. The molecular weight excluding hydrogens is 448 g/mol. The summed E-state index contributed by atoms with van der Waals surface area (Å²) in [7, 11) is 1.64. The van der Waals surface area contributed by atoms with E-state index in [4.69, 9.17) is 14.0 Å². The van der Waals surface area contributed by atoms with Gasteiger partial charge >= 0.3 is 6.01 Å². The second kappa shape index (κ2) is 10.3. The van der Waals surface area contributed by atoms with Crippen LogP contribution in [0.1, 0.15) is 0 Å². The van der Waals surface area contributed by atoms with Crippen molar-refractivity contribution in [1.82, 2.24) is 25.1 Å². The quantitative estimate of drug-likeness (QED) is 0.318. The van der Waals surface area contributed by atoms with E-state index in [-0.39, 0.29) is 23.7 Å². The molecule has 0 unspecified atom stereocenters. The molecule has 1 aliphatic rings. The first-order valence-corrected chi connectivity index (χ1v) is 11.1. The Hall–Kier alpha value is -4.38. The summed E-state index contributed by atoms with van der Waals surface area (Å²) in [6.45, 7) is 5.83. The zero-order chi connectivity index (χ0) is 24.0. The van der Waals surface area contributed by atoms with Crippen LogP contribution in [0.2, 0.25) is 0 Å². The van der Waals surface area contributed by atoms with E-state index in [1.807, 2.05) is 70.5 Å². The molecule has 0 atom stereocenters. The monoisotopic (exact) mass is 472 g/mol. The van der Waals surface area contributed by atoms with Crippen LogP contribution >= 0.6 is 0 Å². The van der Waals surface area contributed by atoms with E-state index in [9.17, 15) is 0 Å². The van der Waals surface area contributed by atoms with Crippen LogP contribution < -0.4 is 14.5 Å². The Morgan fingerprint density at radius 3 is 2.46 bits per heavy atom. The number of ether oxygens (including phenoxy) is 2. The van der Waals surface area contributed by atoms with E-state index in [0.29, 0.717) is 38.2 Å². The maximum absolute atomic E-state index is 5.94. The smallest absolute Gasteiger partial charge is 0.324 e. The summed E-state index contributed by atoms with van der Waals surface area (Å²) < 4.78 is 16.7. The van der Waals surface area contributed by atoms with Crippen molar-refractivity contribution in [1.29, 1.82) is 0 Å². The highest BCUT2D eigenvalue weighted by atomic mass is 16.5. The van der Waals surface area contributed by atoms with Crippen LogP contribution in [0.25, 0.3) is 11.6 Å². The van der Waals surface area contributed by atoms with E-state index in [1.54, 1.807) is 7.11 Å². The molecule has 1 aliphatic heterocycles. The average molecular weight is 473 g/mol. The lowest BCUT2D eigenvalue weighted by Gasteiger charge is -2.37. The summed E-state index contributed by atoms with van der Waals surface area (Å²) in [5.41, 5.74) is 0.899. The van der Waals surface area contributed by atoms with Gasteiger partial charge in [0.1, 0.15) is 11.9 Å². The Kier molecular flexibility index (Phi) is 6.57. The first kappa shape index (κ1) is 22.4. The normalized spacial score (nSPS) is 13.3. The molecular formula is C24H24N8O3. The SMILES string of the molecule is C=Nc1nc(-c2noc(N3CC(Oc4ccccc4)C3)n2)nc(N(CCOC)c2ccccc2)n1. The molecule has 1 saturated heterocycles. The van der Waals surface area contributed by atoms with Gasteiger partial charge in [0.05, 0.1) is 19.7 Å². The van der Waals surface area contributed by atoms with Gasteiger partial charge in [-0.25, -0.2) is 4.99 Å². The fourth-order valence-corrected chi connectivity index (χ4v) is 3.58. The third-order valence-electron chi connectivity index (χ3n) is 5.36. The Morgan fingerprint density at radius 1 is 1.00 bits per heavy atom. The van der Waals surface area contributed by atoms with E-state index >= 15 is 0 Å². The van der Waals surface area contributed by atoms with Crippen LogP contribution in [0.4, 0.5) is 23.6 Å². The summed E-state index contributed by atoms with van der Waals surface area (Å²) in [6, 6.07) is 19.8. The molecule has 35 heavy (non-hydrogen) atoms. The fourth-order valence-electron chi connectivity index (χ4n) is 3.58. The summed E-state index contributed by atoms with van der Waals surface area (Å²) in [5, 5.41) is 4.08. The number of hydrogen-bond acceptors (Lipinski definition) is 11. The van der Waals surface area contributed by atoms with E-state index in [0.717, 1.165) is 11.4 Å². The van der Waals surface area contributed by atoms with Crippen LogP contribution in [0.5, 0.6) is 5.75 Å². The molecule has 2 aromatic heterocycles. The predicted molar refractivity (Wildman–Crippen MR) is 131 cm³/mol. The van der Waals surface area contributed by atoms with Gasteiger partial charge in [-0.3, -0.25) is 0 Å². The minimum absolute atomic E-state index is 0.0494. The predicted octanol–water partition coefficient (Wildman–Crippen LogP) is 3.31. The zero-order valence-corrected chi connectivity index (χ0v) is 19.2. The number of nitrogens with zero attached hydrogens (tertiary/aromatic N) is 8. The standard InChI is InChI=1S/C24H24N8O3/c1-25-22-26-20(27-23(29-22)32(13-14-33-2)17-9-5-3-6-10-17)21-28-24(35-30-21)31-15-19(16-31)34-18-11-7-4-8-12-18/h3-12,19H,1,13-16H2,2H3. The molecule has 0 amide bonds. The second-order valence-corrected chi connectivity index (χ2v) is 7.76. The zero-order valence-electron chi connectivity index (χ0n) is 19.2. The van der Waals surface area contributed by atoms with Crippen molar-refractivity contribution in [3.8, 4) is 17.4 Å². The highest BCUT2D eigenvalue weighted by molar-refractivity contribution is 5.60. The van der Waals surface area contributed by atoms with Crippen LogP contribution in [-0.2, 0) is 4.74 Å². The van der Waals surface area contributed by atoms with Crippen LogP contribution in [0, 0.1) is 0 Å². The van der Waals surface area contributed by atoms with Crippen molar-refractivity contribution in [2.75, 3.05) is 43.2 Å². The number of methoxy groups -OCH3 is 1. The molecule has 0 spiro atoms. The number of para-hydroxylation sites is 2. The summed E-state index contributed by atoms with van der Waals surface area (Å²) in [5.74, 6) is 1.85. The summed E-state index contributed by atoms with van der Waals surface area (Å²) in [4.78, 5) is 25.6. The van der Waals surface area contributed by atoms with Crippen molar-refractivity contribution in [3.05, 3.63) is 60.7 Å². The average Bonchev–Trinajstić information content (AvgIpc) is 3.37. The van der Waals surface area contributed by atoms with Crippen LogP contribution in [0.15, 0.2) is 70.2 Å². The molecule has 11 heteroatoms. The van der Waals surface area contributed by atoms with Crippen molar-refractivity contribution in [2.45, 2.75) is 6.10 Å². The molecule has 0 saturated carbocycles. The largest absolute Gasteiger partial charge is 0.487 e. The van der Waals surface area contributed by atoms with Crippen molar-refractivity contribution in [2.24, 2.45) is 4.99 Å². The topological polar surface area (TPSA) is 115 Å². The minimum atomic E-state index is 0.0494. The van der Waals surface area contributed by atoms with Gasteiger partial charge in [-0.1, -0.05) is 41.6 Å². The van der Waals surface area contributed by atoms with Crippen molar-refractivity contribution in [3.63, 3.8) is 0 Å². The Balaban J connectivity index is 1.35. The molecule has 1 fully saturated rings. The molecule has 3 heterocycles. The molecule has 178 valence electrons. The summed E-state index contributed by atoms with van der Waals surface area (Å²) in [6.07, 6.45) is 0.0494. The second-order valence-electron chi connectivity index (χ2n) is 7.76. The molecule has 5 rings (SSSR count). The Labute approximate surface area is 202 Å². The van der Waals surface area contributed by atoms with Gasteiger partial charge in [0.15, 0.2) is 0 Å². The maximum atomic E-state index is 5.94. The number of aromatic nitrogens is 5. The molecule has 2 aromatic carbocycles. The van der Waals surface area contributed by atoms with Gasteiger partial charge < -0.3 is 23.8 Å². The lowest BCUT2D eigenvalue weighted by Crippen LogP contribution is -2.54. The van der Waals surface area contributed by atoms with Gasteiger partial charge in [-0.2, -0.15) is 19.9 Å². The van der Waals surface area contributed by atoms with Gasteiger partial charge in [0.25, 0.3) is 5.95 Å². The molecule has 0 radical (unpaired) electrons. The lowest BCUT2D eigenvalue weighted by molar-refractivity contribution is 0.160. The highest BCUT2D eigenvalue weighted by Crippen LogP contribution is 2.27. The summed E-state index contributed by atoms with van der Waals surface area (Å²) >= 11 is 0. The van der Waals surface area contributed by atoms with Gasteiger partial charge in [-0.05, 0) is 31.0 Å². The van der Waals surface area contributed by atoms with Crippen molar-refractivity contribution >= 4 is 30.3 Å². The number of rotatable bonds is 10. The lowest BCUT2D eigenvalue weighted by atomic mass is 10.2. The molecule has 0 N–H and O–H groups in total. The molecule has 4 aromatic rings. The van der Waals surface area contributed by atoms with Crippen LogP contribution in [0.3, 0.4) is 0 Å². The first-order chi connectivity index (χ1) is 17.2. The van der Waals surface area contributed by atoms with Gasteiger partial charge in [0.2, 0.25) is 17.6 Å². The van der Waals surface area contributed by atoms with E-state index in [1.165, 1.54) is 0 Å². The minimum Gasteiger partial charge on any atom is -0.487 e. The Morgan fingerprint density at radius 2 is 1.74 bits per heavy atom. The molecule has 0 aliphatic carbocycles. The van der Waals surface area contributed by atoms with Gasteiger partial charge in [0, 0.05) is 19.3 Å². The van der Waals surface area contributed by atoms with E-state index < -0.39 is 0 Å². The fraction of sp³-hybridized carbons (Fsp3) is 0.250. The molecule has 0 bridgehead atoms. The van der Waals surface area contributed by atoms with Crippen molar-refractivity contribution < 1.29 is 14.0 Å². The first-order valence-electron chi connectivity index (χ1n) is 11.1. The number of benzene rings is 2. The third-order valence-corrected chi connectivity index (χ3v) is 5.36. The number of anilines is 3. The third kappa shape index (κ3) is 5.09. The van der Waals surface area contributed by atoms with E-state index in [2.05, 4.69) is 36.8 Å².